The summed E-state index contributed by atoms with van der Waals surface area (Å²) in [6.45, 7) is 2.62. The van der Waals surface area contributed by atoms with Crippen molar-refractivity contribution < 1.29 is 4.92 Å². The summed E-state index contributed by atoms with van der Waals surface area (Å²) in [4.78, 5) is 18.9. The maximum Gasteiger partial charge on any atom is 0.301 e. The van der Waals surface area contributed by atoms with Crippen molar-refractivity contribution in [2.75, 3.05) is 11.9 Å². The van der Waals surface area contributed by atoms with Crippen LogP contribution in [0, 0.1) is 10.1 Å². The van der Waals surface area contributed by atoms with Gasteiger partial charge in [-0.3, -0.25) is 10.1 Å². The van der Waals surface area contributed by atoms with Gasteiger partial charge in [0.1, 0.15) is 10.8 Å². The number of aromatic nitrogens is 2. The summed E-state index contributed by atoms with van der Waals surface area (Å²) in [5, 5.41) is 15.4. The van der Waals surface area contributed by atoms with Gasteiger partial charge in [-0.25, -0.2) is 9.97 Å². The highest BCUT2D eigenvalue weighted by molar-refractivity contribution is 7.99. The van der Waals surface area contributed by atoms with Crippen molar-refractivity contribution >= 4 is 34.9 Å². The predicted molar refractivity (Wildman–Crippen MR) is 78.4 cm³/mol. The molecule has 0 unspecified atom stereocenters. The van der Waals surface area contributed by atoms with Gasteiger partial charge in [-0.1, -0.05) is 11.6 Å². The molecule has 8 heteroatoms. The fourth-order valence-corrected chi connectivity index (χ4v) is 2.39. The van der Waals surface area contributed by atoms with E-state index in [0.717, 1.165) is 11.8 Å². The summed E-state index contributed by atoms with van der Waals surface area (Å²) >= 11 is 6.89. The number of nitrogens with zero attached hydrogens (tertiary/aromatic N) is 3. The zero-order chi connectivity index (χ0) is 14.5. The summed E-state index contributed by atoms with van der Waals surface area (Å²) in [5.74, 6) is 0.592. The molecule has 2 aromatic rings. The van der Waals surface area contributed by atoms with Crippen LogP contribution in [0.15, 0.2) is 40.5 Å². The average molecular weight is 311 g/mol. The molecule has 0 atom stereocenters. The minimum absolute atomic E-state index is 0.0478. The van der Waals surface area contributed by atoms with Crippen molar-refractivity contribution in [3.05, 3.63) is 45.6 Å². The van der Waals surface area contributed by atoms with Crippen molar-refractivity contribution in [3.63, 3.8) is 0 Å². The Morgan fingerprint density at radius 1 is 1.40 bits per heavy atom. The molecule has 104 valence electrons. The molecule has 1 N–H and O–H groups in total. The van der Waals surface area contributed by atoms with E-state index in [1.807, 2.05) is 6.92 Å². The largest absolute Gasteiger partial charge is 0.370 e. The van der Waals surface area contributed by atoms with E-state index in [2.05, 4.69) is 15.3 Å². The molecule has 0 saturated carbocycles. The van der Waals surface area contributed by atoms with E-state index in [0.29, 0.717) is 27.4 Å². The highest BCUT2D eigenvalue weighted by Crippen LogP contribution is 2.33. The fourth-order valence-electron chi connectivity index (χ4n) is 1.45. The van der Waals surface area contributed by atoms with Gasteiger partial charge >= 0.3 is 5.69 Å². The molecule has 0 saturated heterocycles. The lowest BCUT2D eigenvalue weighted by Crippen LogP contribution is -2.01. The Bertz CT molecular complexity index is 621. The predicted octanol–water partition coefficient (Wildman–Crippen LogP) is 3.62. The first-order chi connectivity index (χ1) is 9.60. The molecular formula is C12H11ClN4O2S. The Morgan fingerprint density at radius 3 is 2.80 bits per heavy atom. The minimum Gasteiger partial charge on any atom is -0.370 e. The van der Waals surface area contributed by atoms with Gasteiger partial charge in [-0.2, -0.15) is 0 Å². The molecule has 2 rings (SSSR count). The van der Waals surface area contributed by atoms with Crippen LogP contribution in [-0.2, 0) is 0 Å². The zero-order valence-corrected chi connectivity index (χ0v) is 12.1. The number of hydrogen-bond donors (Lipinski definition) is 1. The molecule has 0 aliphatic carbocycles. The number of pyridine rings is 2. The van der Waals surface area contributed by atoms with Crippen LogP contribution in [0.25, 0.3) is 0 Å². The average Bonchev–Trinajstić information content (AvgIpc) is 2.42. The van der Waals surface area contributed by atoms with Crippen molar-refractivity contribution in [3.8, 4) is 0 Å². The van der Waals surface area contributed by atoms with Gasteiger partial charge in [-0.05, 0) is 36.9 Å². The lowest BCUT2D eigenvalue weighted by molar-refractivity contribution is -0.388. The third-order valence-electron chi connectivity index (χ3n) is 2.30. The first-order valence-corrected chi connectivity index (χ1v) is 6.98. The molecule has 0 aromatic carbocycles. The van der Waals surface area contributed by atoms with Crippen LogP contribution in [0.3, 0.4) is 0 Å². The SMILES string of the molecule is CCNc1ccc([N+](=O)[O-])c(Sc2ccc(Cl)cn2)n1. The van der Waals surface area contributed by atoms with Crippen molar-refractivity contribution in [2.45, 2.75) is 17.0 Å². The van der Waals surface area contributed by atoms with E-state index in [1.165, 1.54) is 12.3 Å². The molecule has 20 heavy (non-hydrogen) atoms. The number of nitrogens with one attached hydrogen (secondary N) is 1. The topological polar surface area (TPSA) is 81.0 Å². The first kappa shape index (κ1) is 14.5. The first-order valence-electron chi connectivity index (χ1n) is 5.79. The second kappa shape index (κ2) is 6.53. The van der Waals surface area contributed by atoms with Gasteiger partial charge in [0.25, 0.3) is 0 Å². The van der Waals surface area contributed by atoms with E-state index in [4.69, 9.17) is 11.6 Å². The molecule has 0 fully saturated rings. The molecule has 2 aromatic heterocycles. The van der Waals surface area contributed by atoms with Crippen molar-refractivity contribution in [1.82, 2.24) is 9.97 Å². The van der Waals surface area contributed by atoms with Gasteiger partial charge in [0.2, 0.25) is 0 Å². The zero-order valence-electron chi connectivity index (χ0n) is 10.5. The van der Waals surface area contributed by atoms with Gasteiger partial charge < -0.3 is 5.32 Å². The Labute approximate surface area is 124 Å². The number of rotatable bonds is 5. The maximum atomic E-state index is 11.0. The molecule has 0 spiro atoms. The summed E-state index contributed by atoms with van der Waals surface area (Å²) in [6, 6.07) is 6.39. The molecule has 0 amide bonds. The number of halogens is 1. The Hall–Kier alpha value is -1.86. The smallest absolute Gasteiger partial charge is 0.301 e. The summed E-state index contributed by atoms with van der Waals surface area (Å²) in [5.41, 5.74) is -0.0478. The van der Waals surface area contributed by atoms with E-state index >= 15 is 0 Å². The molecule has 2 heterocycles. The second-order valence-corrected chi connectivity index (χ2v) is 5.17. The second-order valence-electron chi connectivity index (χ2n) is 3.72. The van der Waals surface area contributed by atoms with E-state index in [1.54, 1.807) is 18.2 Å². The van der Waals surface area contributed by atoms with E-state index < -0.39 is 4.92 Å². The number of anilines is 1. The molecule has 0 aliphatic rings. The van der Waals surface area contributed by atoms with Gasteiger partial charge in [0.15, 0.2) is 5.03 Å². The monoisotopic (exact) mass is 310 g/mol. The van der Waals surface area contributed by atoms with Crippen molar-refractivity contribution in [2.24, 2.45) is 0 Å². The fraction of sp³-hybridized carbons (Fsp3) is 0.167. The number of nitro groups is 1. The van der Waals surface area contributed by atoms with Gasteiger partial charge in [0.05, 0.1) is 9.95 Å². The van der Waals surface area contributed by atoms with Crippen molar-refractivity contribution in [1.29, 1.82) is 0 Å². The summed E-state index contributed by atoms with van der Waals surface area (Å²) in [6.07, 6.45) is 1.49. The third kappa shape index (κ3) is 3.58. The quantitative estimate of drug-likeness (QED) is 0.671. The normalized spacial score (nSPS) is 10.3. The van der Waals surface area contributed by atoms with E-state index in [-0.39, 0.29) is 5.69 Å². The highest BCUT2D eigenvalue weighted by Gasteiger charge is 2.17. The lowest BCUT2D eigenvalue weighted by Gasteiger charge is -2.06. The minimum atomic E-state index is -0.457. The van der Waals surface area contributed by atoms with Crippen LogP contribution in [0.1, 0.15) is 6.92 Å². The summed E-state index contributed by atoms with van der Waals surface area (Å²) < 4.78 is 0. The molecule has 6 nitrogen and oxygen atoms in total. The van der Waals surface area contributed by atoms with Crippen LogP contribution in [0.2, 0.25) is 5.02 Å². The highest BCUT2D eigenvalue weighted by atomic mass is 35.5. The van der Waals surface area contributed by atoms with Crippen LogP contribution in [-0.4, -0.2) is 21.4 Å². The van der Waals surface area contributed by atoms with Gasteiger partial charge in [0, 0.05) is 18.8 Å². The van der Waals surface area contributed by atoms with Crippen LogP contribution < -0.4 is 5.32 Å². The Balaban J connectivity index is 2.34. The lowest BCUT2D eigenvalue weighted by atomic mass is 10.4. The molecular weight excluding hydrogens is 300 g/mol. The van der Waals surface area contributed by atoms with E-state index in [9.17, 15) is 10.1 Å². The van der Waals surface area contributed by atoms with Crippen LogP contribution >= 0.6 is 23.4 Å². The van der Waals surface area contributed by atoms with Gasteiger partial charge in [-0.15, -0.1) is 0 Å². The molecule has 0 bridgehead atoms. The third-order valence-corrected chi connectivity index (χ3v) is 3.46. The van der Waals surface area contributed by atoms with Crippen LogP contribution in [0.5, 0.6) is 0 Å². The standard InChI is InChI=1S/C12H11ClN4O2S/c1-2-14-10-5-4-9(17(18)19)12(16-10)20-11-6-3-8(13)7-15-11/h3-7H,2H2,1H3,(H,14,16). The summed E-state index contributed by atoms with van der Waals surface area (Å²) in [7, 11) is 0. The maximum absolute atomic E-state index is 11.0. The van der Waals surface area contributed by atoms with Crippen LogP contribution in [0.4, 0.5) is 11.5 Å². The molecule has 0 aliphatic heterocycles. The molecule has 0 radical (unpaired) electrons. The number of hydrogen-bond acceptors (Lipinski definition) is 6. The Kier molecular flexibility index (Phi) is 4.75. The Morgan fingerprint density at radius 2 is 2.20 bits per heavy atom.